The standard InChI is InChI=1S/C22H44/c1-6-8-10-12-14-16-18-21(20-22(3,4)5)19-17-15-13-11-9-7-2/h20H,6-19H2,1-5H3. The number of rotatable bonds is 14. The second kappa shape index (κ2) is 14.3. The zero-order valence-electron chi connectivity index (χ0n) is 16.5. The molecule has 0 heterocycles. The summed E-state index contributed by atoms with van der Waals surface area (Å²) in [5.41, 5.74) is 2.08. The molecular weight excluding hydrogens is 264 g/mol. The van der Waals surface area contributed by atoms with Gasteiger partial charge in [-0.1, -0.05) is 110 Å². The van der Waals surface area contributed by atoms with Crippen molar-refractivity contribution in [1.29, 1.82) is 0 Å². The van der Waals surface area contributed by atoms with E-state index in [-0.39, 0.29) is 0 Å². The molecule has 0 heteroatoms. The average Bonchev–Trinajstić information content (AvgIpc) is 2.44. The Hall–Kier alpha value is -0.260. The van der Waals surface area contributed by atoms with Crippen LogP contribution in [-0.2, 0) is 0 Å². The van der Waals surface area contributed by atoms with E-state index in [1.165, 1.54) is 89.9 Å². The lowest BCUT2D eigenvalue weighted by Gasteiger charge is -2.17. The van der Waals surface area contributed by atoms with Gasteiger partial charge in [-0.2, -0.15) is 0 Å². The Labute approximate surface area is 142 Å². The van der Waals surface area contributed by atoms with Gasteiger partial charge < -0.3 is 0 Å². The second-order valence-electron chi connectivity index (χ2n) is 8.20. The molecule has 0 saturated heterocycles. The summed E-state index contributed by atoms with van der Waals surface area (Å²) in [6, 6.07) is 0. The van der Waals surface area contributed by atoms with E-state index in [1.54, 1.807) is 5.57 Å². The van der Waals surface area contributed by atoms with Gasteiger partial charge in [0.15, 0.2) is 0 Å². The molecule has 0 N–H and O–H groups in total. The fraction of sp³-hybridized carbons (Fsp3) is 0.909. The first-order valence-electron chi connectivity index (χ1n) is 10.2. The van der Waals surface area contributed by atoms with Crippen molar-refractivity contribution in [3.8, 4) is 0 Å². The molecule has 22 heavy (non-hydrogen) atoms. The van der Waals surface area contributed by atoms with Gasteiger partial charge in [0, 0.05) is 0 Å². The van der Waals surface area contributed by atoms with E-state index in [2.05, 4.69) is 40.7 Å². The Bertz CT molecular complexity index is 236. The Morgan fingerprint density at radius 2 is 0.955 bits per heavy atom. The number of allylic oxidation sites excluding steroid dienone is 2. The van der Waals surface area contributed by atoms with Crippen LogP contribution in [0.1, 0.15) is 125 Å². The van der Waals surface area contributed by atoms with E-state index >= 15 is 0 Å². The summed E-state index contributed by atoms with van der Waals surface area (Å²) in [5, 5.41) is 0. The quantitative estimate of drug-likeness (QED) is 0.223. The lowest BCUT2D eigenvalue weighted by atomic mass is 9.89. The largest absolute Gasteiger partial charge is 0.0799 e. The van der Waals surface area contributed by atoms with E-state index in [0.717, 1.165) is 0 Å². The average molecular weight is 309 g/mol. The van der Waals surface area contributed by atoms with Crippen LogP contribution < -0.4 is 0 Å². The van der Waals surface area contributed by atoms with Crippen LogP contribution in [0.15, 0.2) is 11.6 Å². The van der Waals surface area contributed by atoms with Crippen LogP contribution in [0.3, 0.4) is 0 Å². The monoisotopic (exact) mass is 308 g/mol. The molecule has 132 valence electrons. The molecule has 0 aromatic rings. The Morgan fingerprint density at radius 3 is 1.32 bits per heavy atom. The highest BCUT2D eigenvalue weighted by atomic mass is 14.1. The molecule has 0 fully saturated rings. The van der Waals surface area contributed by atoms with Crippen molar-refractivity contribution in [2.75, 3.05) is 0 Å². The van der Waals surface area contributed by atoms with Gasteiger partial charge in [0.05, 0.1) is 0 Å². The van der Waals surface area contributed by atoms with Crippen LogP contribution in [0.25, 0.3) is 0 Å². The first kappa shape index (κ1) is 21.7. The molecule has 0 unspecified atom stereocenters. The zero-order valence-corrected chi connectivity index (χ0v) is 16.5. The van der Waals surface area contributed by atoms with Crippen molar-refractivity contribution in [3.63, 3.8) is 0 Å². The van der Waals surface area contributed by atoms with Crippen LogP contribution in [-0.4, -0.2) is 0 Å². The molecular formula is C22H44. The van der Waals surface area contributed by atoms with Gasteiger partial charge in [0.1, 0.15) is 0 Å². The van der Waals surface area contributed by atoms with Crippen molar-refractivity contribution in [3.05, 3.63) is 11.6 Å². The van der Waals surface area contributed by atoms with Crippen molar-refractivity contribution in [1.82, 2.24) is 0 Å². The van der Waals surface area contributed by atoms with Crippen molar-refractivity contribution in [2.45, 2.75) is 125 Å². The Balaban J connectivity index is 3.94. The maximum absolute atomic E-state index is 2.56. The molecule has 0 aliphatic carbocycles. The SMILES string of the molecule is CCCCCCCCC(=CC(C)(C)C)CCCCCCCC. The normalized spacial score (nSPS) is 11.7. The molecule has 0 amide bonds. The van der Waals surface area contributed by atoms with Gasteiger partial charge in [0.2, 0.25) is 0 Å². The third kappa shape index (κ3) is 16.1. The van der Waals surface area contributed by atoms with Gasteiger partial charge in [-0.3, -0.25) is 0 Å². The second-order valence-corrected chi connectivity index (χ2v) is 8.20. The third-order valence-electron chi connectivity index (χ3n) is 4.34. The lowest BCUT2D eigenvalue weighted by molar-refractivity contribution is 0.524. The zero-order chi connectivity index (χ0) is 16.7. The highest BCUT2D eigenvalue weighted by Crippen LogP contribution is 2.25. The molecule has 0 bridgehead atoms. The summed E-state index contributed by atoms with van der Waals surface area (Å²) in [7, 11) is 0. The van der Waals surface area contributed by atoms with Gasteiger partial charge in [0.25, 0.3) is 0 Å². The molecule has 0 rings (SSSR count). The topological polar surface area (TPSA) is 0 Å². The smallest absolute Gasteiger partial charge is 0.0200 e. The molecule has 0 atom stereocenters. The first-order valence-corrected chi connectivity index (χ1v) is 10.2. The molecule has 0 spiro atoms. The number of hydrogen-bond acceptors (Lipinski definition) is 0. The van der Waals surface area contributed by atoms with Crippen molar-refractivity contribution in [2.24, 2.45) is 5.41 Å². The molecule has 0 nitrogen and oxygen atoms in total. The predicted molar refractivity (Wildman–Crippen MR) is 104 cm³/mol. The number of hydrogen-bond donors (Lipinski definition) is 0. The minimum Gasteiger partial charge on any atom is -0.0799 e. The van der Waals surface area contributed by atoms with Crippen molar-refractivity contribution >= 4 is 0 Å². The fourth-order valence-corrected chi connectivity index (χ4v) is 3.15. The molecule has 0 aromatic heterocycles. The van der Waals surface area contributed by atoms with Gasteiger partial charge in [-0.15, -0.1) is 0 Å². The van der Waals surface area contributed by atoms with Gasteiger partial charge >= 0.3 is 0 Å². The summed E-state index contributed by atoms with van der Waals surface area (Å²) >= 11 is 0. The lowest BCUT2D eigenvalue weighted by Crippen LogP contribution is -2.02. The first-order chi connectivity index (χ1) is 10.5. The summed E-state index contributed by atoms with van der Waals surface area (Å²) in [6.07, 6.45) is 22.2. The predicted octanol–water partition coefficient (Wildman–Crippen LogP) is 8.46. The summed E-state index contributed by atoms with van der Waals surface area (Å²) < 4.78 is 0. The Kier molecular flexibility index (Phi) is 14.2. The number of unbranched alkanes of at least 4 members (excludes halogenated alkanes) is 10. The van der Waals surface area contributed by atoms with Crippen LogP contribution >= 0.6 is 0 Å². The van der Waals surface area contributed by atoms with Gasteiger partial charge in [-0.25, -0.2) is 0 Å². The molecule has 0 aromatic carbocycles. The van der Waals surface area contributed by atoms with Crippen LogP contribution in [0.5, 0.6) is 0 Å². The highest BCUT2D eigenvalue weighted by molar-refractivity contribution is 5.07. The van der Waals surface area contributed by atoms with E-state index in [4.69, 9.17) is 0 Å². The summed E-state index contributed by atoms with van der Waals surface area (Å²) in [5.74, 6) is 0. The third-order valence-corrected chi connectivity index (χ3v) is 4.34. The Morgan fingerprint density at radius 1 is 0.591 bits per heavy atom. The minimum atomic E-state index is 0.347. The summed E-state index contributed by atoms with van der Waals surface area (Å²) in [4.78, 5) is 0. The van der Waals surface area contributed by atoms with E-state index < -0.39 is 0 Å². The fourth-order valence-electron chi connectivity index (χ4n) is 3.15. The van der Waals surface area contributed by atoms with Gasteiger partial charge in [-0.05, 0) is 31.1 Å². The van der Waals surface area contributed by atoms with Crippen LogP contribution in [0.4, 0.5) is 0 Å². The maximum atomic E-state index is 2.56. The molecule has 0 aliphatic heterocycles. The minimum absolute atomic E-state index is 0.347. The molecule has 0 radical (unpaired) electrons. The maximum Gasteiger partial charge on any atom is -0.0200 e. The molecule has 0 saturated carbocycles. The molecule has 0 aliphatic rings. The highest BCUT2D eigenvalue weighted by Gasteiger charge is 2.08. The van der Waals surface area contributed by atoms with E-state index in [9.17, 15) is 0 Å². The van der Waals surface area contributed by atoms with Crippen molar-refractivity contribution < 1.29 is 0 Å². The summed E-state index contributed by atoms with van der Waals surface area (Å²) in [6.45, 7) is 11.6. The van der Waals surface area contributed by atoms with Crippen LogP contribution in [0, 0.1) is 5.41 Å². The van der Waals surface area contributed by atoms with E-state index in [0.29, 0.717) is 5.41 Å². The van der Waals surface area contributed by atoms with Crippen LogP contribution in [0.2, 0.25) is 0 Å². The van der Waals surface area contributed by atoms with E-state index in [1.807, 2.05) is 0 Å².